The predicted molar refractivity (Wildman–Crippen MR) is 90.7 cm³/mol. The van der Waals surface area contributed by atoms with Crippen LogP contribution in [0.15, 0.2) is 24.3 Å². The zero-order valence-corrected chi connectivity index (χ0v) is 13.9. The molecular formula is C19H28ClN. The summed E-state index contributed by atoms with van der Waals surface area (Å²) in [5, 5.41) is 4.87. The van der Waals surface area contributed by atoms with E-state index >= 15 is 0 Å². The van der Waals surface area contributed by atoms with Gasteiger partial charge in [0.15, 0.2) is 0 Å². The Morgan fingerprint density at radius 1 is 1.00 bits per heavy atom. The van der Waals surface area contributed by atoms with Gasteiger partial charge in [-0.25, -0.2) is 0 Å². The highest BCUT2D eigenvalue weighted by Crippen LogP contribution is 2.42. The maximum atomic E-state index is 6.05. The van der Waals surface area contributed by atoms with Crippen molar-refractivity contribution in [2.24, 2.45) is 11.8 Å². The fraction of sp³-hybridized carbons (Fsp3) is 0.684. The molecule has 1 nitrogen and oxygen atoms in total. The molecule has 1 aromatic carbocycles. The second kappa shape index (κ2) is 7.15. The molecule has 2 unspecified atom stereocenters. The van der Waals surface area contributed by atoms with Gasteiger partial charge in [0.25, 0.3) is 0 Å². The summed E-state index contributed by atoms with van der Waals surface area (Å²) in [4.78, 5) is 0. The van der Waals surface area contributed by atoms with E-state index in [-0.39, 0.29) is 0 Å². The summed E-state index contributed by atoms with van der Waals surface area (Å²) in [6.45, 7) is 2.35. The van der Waals surface area contributed by atoms with E-state index in [1.165, 1.54) is 56.9 Å². The van der Waals surface area contributed by atoms with Crippen molar-refractivity contribution >= 4 is 11.6 Å². The summed E-state index contributed by atoms with van der Waals surface area (Å²) in [5.74, 6) is 1.72. The van der Waals surface area contributed by atoms with Gasteiger partial charge in [-0.05, 0) is 61.6 Å². The molecule has 0 radical (unpaired) electrons. The molecule has 2 aliphatic carbocycles. The molecule has 1 N–H and O–H groups in total. The van der Waals surface area contributed by atoms with Gasteiger partial charge in [0, 0.05) is 17.1 Å². The van der Waals surface area contributed by atoms with Crippen molar-refractivity contribution in [3.8, 4) is 0 Å². The second-order valence-electron chi connectivity index (χ2n) is 6.95. The number of hydrogen-bond donors (Lipinski definition) is 1. The molecule has 2 fully saturated rings. The lowest BCUT2D eigenvalue weighted by Crippen LogP contribution is -2.40. The molecule has 116 valence electrons. The van der Waals surface area contributed by atoms with Gasteiger partial charge in [-0.1, -0.05) is 49.9 Å². The minimum absolute atomic E-state index is 0.536. The summed E-state index contributed by atoms with van der Waals surface area (Å²) in [6.07, 6.45) is 11.1. The molecule has 2 saturated carbocycles. The summed E-state index contributed by atoms with van der Waals surface area (Å²) >= 11 is 6.05. The van der Waals surface area contributed by atoms with Crippen molar-refractivity contribution in [1.82, 2.24) is 5.32 Å². The molecule has 0 bridgehead atoms. The van der Waals surface area contributed by atoms with Gasteiger partial charge in [-0.3, -0.25) is 0 Å². The summed E-state index contributed by atoms with van der Waals surface area (Å²) in [6, 6.07) is 9.73. The quantitative estimate of drug-likeness (QED) is 0.706. The Labute approximate surface area is 134 Å². The lowest BCUT2D eigenvalue weighted by atomic mass is 9.82. The van der Waals surface area contributed by atoms with E-state index in [0.29, 0.717) is 12.1 Å². The molecule has 3 rings (SSSR count). The number of hydrogen-bond acceptors (Lipinski definition) is 1. The molecular weight excluding hydrogens is 278 g/mol. The molecule has 0 aromatic heterocycles. The fourth-order valence-corrected chi connectivity index (χ4v) is 4.08. The van der Waals surface area contributed by atoms with Gasteiger partial charge in [0.05, 0.1) is 0 Å². The SMILES string of the molecule is CCC(NC(c1ccc(Cl)cc1)C1CC1)C1CCCCC1. The van der Waals surface area contributed by atoms with Crippen molar-refractivity contribution in [3.63, 3.8) is 0 Å². The third-order valence-electron chi connectivity index (χ3n) is 5.37. The zero-order chi connectivity index (χ0) is 14.7. The largest absolute Gasteiger partial charge is 0.307 e. The number of nitrogens with one attached hydrogen (secondary N) is 1. The maximum Gasteiger partial charge on any atom is 0.0406 e. The lowest BCUT2D eigenvalue weighted by molar-refractivity contribution is 0.238. The lowest BCUT2D eigenvalue weighted by Gasteiger charge is -2.34. The molecule has 0 amide bonds. The van der Waals surface area contributed by atoms with Crippen LogP contribution >= 0.6 is 11.6 Å². The van der Waals surface area contributed by atoms with E-state index in [9.17, 15) is 0 Å². The first-order chi connectivity index (χ1) is 10.3. The van der Waals surface area contributed by atoms with Crippen LogP contribution in [0.25, 0.3) is 0 Å². The van der Waals surface area contributed by atoms with Gasteiger partial charge in [-0.15, -0.1) is 0 Å². The van der Waals surface area contributed by atoms with Gasteiger partial charge in [0.1, 0.15) is 0 Å². The first-order valence-corrected chi connectivity index (χ1v) is 9.17. The van der Waals surface area contributed by atoms with Crippen molar-refractivity contribution in [1.29, 1.82) is 0 Å². The van der Waals surface area contributed by atoms with Crippen LogP contribution in [-0.2, 0) is 0 Å². The average Bonchev–Trinajstić information content (AvgIpc) is 3.35. The van der Waals surface area contributed by atoms with Gasteiger partial charge >= 0.3 is 0 Å². The fourth-order valence-electron chi connectivity index (χ4n) is 3.96. The molecule has 0 saturated heterocycles. The second-order valence-corrected chi connectivity index (χ2v) is 7.38. The van der Waals surface area contributed by atoms with E-state index in [1.54, 1.807) is 0 Å². The molecule has 1 aromatic rings. The van der Waals surface area contributed by atoms with E-state index in [4.69, 9.17) is 11.6 Å². The molecule has 2 aliphatic rings. The Balaban J connectivity index is 1.69. The minimum Gasteiger partial charge on any atom is -0.307 e. The van der Waals surface area contributed by atoms with Crippen LogP contribution in [0.2, 0.25) is 5.02 Å². The molecule has 0 heterocycles. The average molecular weight is 306 g/mol. The van der Waals surface area contributed by atoms with Crippen LogP contribution in [0.1, 0.15) is 69.9 Å². The Morgan fingerprint density at radius 3 is 2.24 bits per heavy atom. The first-order valence-electron chi connectivity index (χ1n) is 8.79. The Morgan fingerprint density at radius 2 is 1.67 bits per heavy atom. The summed E-state index contributed by atoms with van der Waals surface area (Å²) in [5.41, 5.74) is 1.43. The highest BCUT2D eigenvalue weighted by molar-refractivity contribution is 6.30. The number of halogens is 1. The van der Waals surface area contributed by atoms with E-state index < -0.39 is 0 Å². The molecule has 0 aliphatic heterocycles. The van der Waals surface area contributed by atoms with Crippen LogP contribution < -0.4 is 5.32 Å². The predicted octanol–water partition coefficient (Wildman–Crippen LogP) is 5.74. The maximum absolute atomic E-state index is 6.05. The highest BCUT2D eigenvalue weighted by Gasteiger charge is 2.35. The van der Waals surface area contributed by atoms with Crippen molar-refractivity contribution in [2.45, 2.75) is 70.4 Å². The van der Waals surface area contributed by atoms with E-state index in [2.05, 4.69) is 24.4 Å². The van der Waals surface area contributed by atoms with Crippen LogP contribution in [0.3, 0.4) is 0 Å². The van der Waals surface area contributed by atoms with Crippen molar-refractivity contribution in [3.05, 3.63) is 34.9 Å². The van der Waals surface area contributed by atoms with Crippen molar-refractivity contribution in [2.75, 3.05) is 0 Å². The summed E-state index contributed by atoms with van der Waals surface area (Å²) in [7, 11) is 0. The number of benzene rings is 1. The van der Waals surface area contributed by atoms with Crippen molar-refractivity contribution < 1.29 is 0 Å². The Kier molecular flexibility index (Phi) is 5.24. The highest BCUT2D eigenvalue weighted by atomic mass is 35.5. The third-order valence-corrected chi connectivity index (χ3v) is 5.63. The van der Waals surface area contributed by atoms with Crippen LogP contribution in [0, 0.1) is 11.8 Å². The smallest absolute Gasteiger partial charge is 0.0406 e. The van der Waals surface area contributed by atoms with Crippen LogP contribution in [0.4, 0.5) is 0 Å². The monoisotopic (exact) mass is 305 g/mol. The Hall–Kier alpha value is -0.530. The van der Waals surface area contributed by atoms with E-state index in [1.807, 2.05) is 12.1 Å². The third kappa shape index (κ3) is 4.02. The molecule has 2 heteroatoms. The Bertz CT molecular complexity index is 431. The van der Waals surface area contributed by atoms with Gasteiger partial charge in [0.2, 0.25) is 0 Å². The van der Waals surface area contributed by atoms with Gasteiger partial charge < -0.3 is 5.32 Å². The number of rotatable bonds is 6. The molecule has 0 spiro atoms. The molecule has 21 heavy (non-hydrogen) atoms. The molecule has 2 atom stereocenters. The standard InChI is InChI=1S/C19H28ClN/c1-2-18(14-6-4-3-5-7-14)21-19(15-8-9-15)16-10-12-17(20)13-11-16/h10-15,18-19,21H,2-9H2,1H3. The summed E-state index contributed by atoms with van der Waals surface area (Å²) < 4.78 is 0. The minimum atomic E-state index is 0.536. The van der Waals surface area contributed by atoms with Crippen LogP contribution in [0.5, 0.6) is 0 Å². The normalized spacial score (nSPS) is 23.0. The first kappa shape index (κ1) is 15.4. The van der Waals surface area contributed by atoms with Crippen LogP contribution in [-0.4, -0.2) is 6.04 Å². The topological polar surface area (TPSA) is 12.0 Å². The zero-order valence-electron chi connectivity index (χ0n) is 13.2. The van der Waals surface area contributed by atoms with Gasteiger partial charge in [-0.2, -0.15) is 0 Å². The van der Waals surface area contributed by atoms with E-state index in [0.717, 1.165) is 16.9 Å².